The SMILES string of the molecule is CCOC(=O)C1(C)CN(C(=O)Nc2ccc(SC)cc2)N=C1c1ccc(C(F)(F)F)c(Cl)c1. The van der Waals surface area contributed by atoms with Crippen LogP contribution in [-0.4, -0.2) is 42.1 Å². The highest BCUT2D eigenvalue weighted by atomic mass is 35.5. The Hall–Kier alpha value is -2.72. The lowest BCUT2D eigenvalue weighted by Gasteiger charge is -2.24. The average molecular weight is 500 g/mol. The maximum Gasteiger partial charge on any atom is 0.417 e. The van der Waals surface area contributed by atoms with E-state index in [-0.39, 0.29) is 24.4 Å². The first-order chi connectivity index (χ1) is 15.5. The number of hydrogen-bond acceptors (Lipinski definition) is 5. The van der Waals surface area contributed by atoms with E-state index in [1.807, 2.05) is 18.4 Å². The van der Waals surface area contributed by atoms with Gasteiger partial charge in [-0.1, -0.05) is 17.7 Å². The number of thioether (sulfide) groups is 1. The first-order valence-electron chi connectivity index (χ1n) is 9.85. The van der Waals surface area contributed by atoms with Gasteiger partial charge in [-0.2, -0.15) is 18.3 Å². The van der Waals surface area contributed by atoms with Crippen molar-refractivity contribution < 1.29 is 27.5 Å². The van der Waals surface area contributed by atoms with Crippen molar-refractivity contribution in [2.24, 2.45) is 10.5 Å². The Bertz CT molecular complexity index is 1090. The molecule has 0 radical (unpaired) electrons. The topological polar surface area (TPSA) is 71.0 Å². The van der Waals surface area contributed by atoms with Gasteiger partial charge in [0.05, 0.1) is 29.4 Å². The zero-order valence-electron chi connectivity index (χ0n) is 18.0. The molecule has 1 heterocycles. The number of hydrazone groups is 1. The van der Waals surface area contributed by atoms with Crippen molar-refractivity contribution in [1.29, 1.82) is 0 Å². The van der Waals surface area contributed by atoms with Crippen LogP contribution in [0.25, 0.3) is 0 Å². The molecule has 176 valence electrons. The van der Waals surface area contributed by atoms with Crippen LogP contribution in [0.1, 0.15) is 25.0 Å². The van der Waals surface area contributed by atoms with Gasteiger partial charge in [-0.15, -0.1) is 11.8 Å². The zero-order chi connectivity index (χ0) is 24.4. The number of nitrogens with zero attached hydrogens (tertiary/aromatic N) is 2. The lowest BCUT2D eigenvalue weighted by molar-refractivity contribution is -0.150. The number of carbonyl (C=O) groups is 2. The van der Waals surface area contributed by atoms with Crippen LogP contribution in [0.4, 0.5) is 23.7 Å². The number of nitrogens with one attached hydrogen (secondary N) is 1. The molecular formula is C22H21ClF3N3O3S. The van der Waals surface area contributed by atoms with Crippen LogP contribution in [0.2, 0.25) is 5.02 Å². The van der Waals surface area contributed by atoms with E-state index in [1.54, 1.807) is 30.8 Å². The van der Waals surface area contributed by atoms with E-state index >= 15 is 0 Å². The fourth-order valence-corrected chi connectivity index (χ4v) is 4.04. The monoisotopic (exact) mass is 499 g/mol. The summed E-state index contributed by atoms with van der Waals surface area (Å²) in [6.07, 6.45) is -2.70. The van der Waals surface area contributed by atoms with Crippen molar-refractivity contribution >= 4 is 46.8 Å². The van der Waals surface area contributed by atoms with Gasteiger partial charge in [0.1, 0.15) is 5.41 Å². The molecule has 0 saturated heterocycles. The molecule has 0 aromatic heterocycles. The van der Waals surface area contributed by atoms with Crippen molar-refractivity contribution in [2.45, 2.75) is 24.9 Å². The predicted molar refractivity (Wildman–Crippen MR) is 122 cm³/mol. The van der Waals surface area contributed by atoms with Crippen LogP contribution in [0, 0.1) is 5.41 Å². The maximum atomic E-state index is 13.1. The Morgan fingerprint density at radius 2 is 1.91 bits per heavy atom. The Kier molecular flexibility index (Phi) is 7.28. The summed E-state index contributed by atoms with van der Waals surface area (Å²) in [6.45, 7) is 3.08. The highest BCUT2D eigenvalue weighted by molar-refractivity contribution is 7.98. The molecule has 6 nitrogen and oxygen atoms in total. The largest absolute Gasteiger partial charge is 0.465 e. The lowest BCUT2D eigenvalue weighted by atomic mass is 9.82. The van der Waals surface area contributed by atoms with Gasteiger partial charge in [-0.25, -0.2) is 9.80 Å². The number of hydrogen-bond donors (Lipinski definition) is 1. The van der Waals surface area contributed by atoms with Crippen LogP contribution in [0.15, 0.2) is 52.5 Å². The summed E-state index contributed by atoms with van der Waals surface area (Å²) in [4.78, 5) is 26.6. The van der Waals surface area contributed by atoms with Gasteiger partial charge in [0.25, 0.3) is 0 Å². The van der Waals surface area contributed by atoms with Gasteiger partial charge in [0.2, 0.25) is 0 Å². The van der Waals surface area contributed by atoms with Gasteiger partial charge < -0.3 is 10.1 Å². The Balaban J connectivity index is 1.95. The molecular weight excluding hydrogens is 479 g/mol. The minimum atomic E-state index is -4.63. The van der Waals surface area contributed by atoms with Crippen molar-refractivity contribution in [3.8, 4) is 0 Å². The molecule has 0 bridgehead atoms. The molecule has 1 aliphatic rings. The Labute approximate surface area is 198 Å². The van der Waals surface area contributed by atoms with E-state index in [2.05, 4.69) is 10.4 Å². The van der Waals surface area contributed by atoms with Crippen LogP contribution in [-0.2, 0) is 15.7 Å². The third-order valence-corrected chi connectivity index (χ3v) is 6.12. The molecule has 1 unspecified atom stereocenters. The standard InChI is InChI=1S/C22H21ClF3N3O3S/c1-4-32-19(30)21(2)12-29(20(31)27-14-6-8-15(33-3)9-7-14)28-18(21)13-5-10-16(17(23)11-13)22(24,25)26/h5-11H,4,12H2,1-3H3,(H,27,31). The number of alkyl halides is 3. The third-order valence-electron chi connectivity index (χ3n) is 5.06. The van der Waals surface area contributed by atoms with Gasteiger partial charge in [0, 0.05) is 16.1 Å². The number of benzene rings is 2. The second-order valence-corrected chi connectivity index (χ2v) is 8.70. The van der Waals surface area contributed by atoms with Crippen molar-refractivity contribution in [1.82, 2.24) is 5.01 Å². The number of ether oxygens (including phenoxy) is 1. The Morgan fingerprint density at radius 3 is 2.45 bits per heavy atom. The first-order valence-corrected chi connectivity index (χ1v) is 11.5. The van der Waals surface area contributed by atoms with Crippen LogP contribution >= 0.6 is 23.4 Å². The molecule has 2 aromatic carbocycles. The second kappa shape index (κ2) is 9.64. The first kappa shape index (κ1) is 24.9. The fourth-order valence-electron chi connectivity index (χ4n) is 3.34. The summed E-state index contributed by atoms with van der Waals surface area (Å²) in [5.74, 6) is -0.653. The van der Waals surface area contributed by atoms with Gasteiger partial charge in [-0.3, -0.25) is 4.79 Å². The highest BCUT2D eigenvalue weighted by Crippen LogP contribution is 2.38. The lowest BCUT2D eigenvalue weighted by Crippen LogP contribution is -2.42. The van der Waals surface area contributed by atoms with E-state index in [9.17, 15) is 22.8 Å². The zero-order valence-corrected chi connectivity index (χ0v) is 19.6. The average Bonchev–Trinajstić information content (AvgIpc) is 3.12. The smallest absolute Gasteiger partial charge is 0.417 e. The molecule has 2 amide bonds. The number of urea groups is 1. The normalized spacial score (nSPS) is 18.2. The van der Waals surface area contributed by atoms with E-state index in [0.717, 1.165) is 22.0 Å². The van der Waals surface area contributed by atoms with Gasteiger partial charge in [0.15, 0.2) is 0 Å². The van der Waals surface area contributed by atoms with E-state index in [4.69, 9.17) is 16.3 Å². The molecule has 1 aliphatic heterocycles. The molecule has 2 aromatic rings. The minimum absolute atomic E-state index is 0.0868. The predicted octanol–water partition coefficient (Wildman–Crippen LogP) is 5.90. The van der Waals surface area contributed by atoms with Gasteiger partial charge >= 0.3 is 18.2 Å². The van der Waals surface area contributed by atoms with Crippen molar-refractivity contribution in [3.63, 3.8) is 0 Å². The molecule has 0 aliphatic carbocycles. The molecule has 11 heteroatoms. The number of halogens is 4. The van der Waals surface area contributed by atoms with E-state index in [0.29, 0.717) is 5.69 Å². The summed E-state index contributed by atoms with van der Waals surface area (Å²) < 4.78 is 44.5. The molecule has 0 fully saturated rings. The minimum Gasteiger partial charge on any atom is -0.465 e. The second-order valence-electron chi connectivity index (χ2n) is 7.41. The molecule has 0 saturated carbocycles. The summed E-state index contributed by atoms with van der Waals surface area (Å²) in [5, 5.41) is 7.49. The van der Waals surface area contributed by atoms with E-state index in [1.165, 1.54) is 13.0 Å². The van der Waals surface area contributed by atoms with Gasteiger partial charge in [-0.05, 0) is 56.5 Å². The number of anilines is 1. The number of rotatable bonds is 5. The highest BCUT2D eigenvalue weighted by Gasteiger charge is 2.49. The maximum absolute atomic E-state index is 13.1. The summed E-state index contributed by atoms with van der Waals surface area (Å²) in [6, 6.07) is 9.61. The molecule has 0 spiro atoms. The van der Waals surface area contributed by atoms with Crippen LogP contribution < -0.4 is 5.32 Å². The number of carbonyl (C=O) groups excluding carboxylic acids is 2. The third kappa shape index (κ3) is 5.27. The molecule has 33 heavy (non-hydrogen) atoms. The number of esters is 1. The molecule has 1 atom stereocenters. The quantitative estimate of drug-likeness (QED) is 0.410. The Morgan fingerprint density at radius 1 is 1.24 bits per heavy atom. The van der Waals surface area contributed by atoms with Crippen LogP contribution in [0.5, 0.6) is 0 Å². The molecule has 1 N–H and O–H groups in total. The summed E-state index contributed by atoms with van der Waals surface area (Å²) in [5.41, 5.74) is -1.61. The fraction of sp³-hybridized carbons (Fsp3) is 0.318. The molecule has 3 rings (SSSR count). The van der Waals surface area contributed by atoms with E-state index < -0.39 is 34.2 Å². The summed E-state index contributed by atoms with van der Waals surface area (Å²) >= 11 is 7.42. The van der Waals surface area contributed by atoms with Crippen LogP contribution in [0.3, 0.4) is 0 Å². The van der Waals surface area contributed by atoms with Crippen molar-refractivity contribution in [2.75, 3.05) is 24.7 Å². The summed E-state index contributed by atoms with van der Waals surface area (Å²) in [7, 11) is 0. The number of amides is 2. The van der Waals surface area contributed by atoms with Crippen molar-refractivity contribution in [3.05, 3.63) is 58.6 Å².